The molecule has 20 heavy (non-hydrogen) atoms. The summed E-state index contributed by atoms with van der Waals surface area (Å²) in [5, 5.41) is 13.4. The van der Waals surface area contributed by atoms with E-state index in [1.165, 1.54) is 0 Å². The number of amides is 1. The number of aliphatic hydroxyl groups excluding tert-OH is 1. The molecular formula is C15H21ClN2O2. The Hall–Kier alpha value is -1.10. The average molecular weight is 297 g/mol. The molecule has 2 atom stereocenters. The Labute approximate surface area is 124 Å². The number of nitrogens with zero attached hydrogens (tertiary/aromatic N) is 1. The van der Waals surface area contributed by atoms with Gasteiger partial charge in [-0.25, -0.2) is 0 Å². The Bertz CT molecular complexity index is 477. The first-order valence-electron chi connectivity index (χ1n) is 6.92. The highest BCUT2D eigenvalue weighted by Crippen LogP contribution is 2.32. The van der Waals surface area contributed by atoms with Crippen LogP contribution in [-0.2, 0) is 4.79 Å². The molecule has 2 rings (SSSR count). The summed E-state index contributed by atoms with van der Waals surface area (Å²) in [6, 6.07) is 6.77. The molecule has 2 unspecified atom stereocenters. The van der Waals surface area contributed by atoms with Gasteiger partial charge in [-0.15, -0.1) is 0 Å². The number of carbonyl (C=O) groups is 1. The van der Waals surface area contributed by atoms with Gasteiger partial charge in [0.2, 0.25) is 5.91 Å². The first-order valence-corrected chi connectivity index (χ1v) is 7.30. The van der Waals surface area contributed by atoms with Crippen molar-refractivity contribution in [2.75, 3.05) is 18.9 Å². The minimum atomic E-state index is -0.332. The van der Waals surface area contributed by atoms with Gasteiger partial charge in [-0.05, 0) is 50.9 Å². The smallest absolute Gasteiger partial charge is 0.241 e. The predicted molar refractivity (Wildman–Crippen MR) is 80.9 cm³/mol. The lowest BCUT2D eigenvalue weighted by atomic mass is 10.2. The zero-order valence-corrected chi connectivity index (χ0v) is 12.6. The van der Waals surface area contributed by atoms with Crippen molar-refractivity contribution in [3.8, 4) is 0 Å². The molecule has 1 amide bonds. The number of anilines is 1. The zero-order valence-electron chi connectivity index (χ0n) is 11.8. The van der Waals surface area contributed by atoms with E-state index in [0.29, 0.717) is 23.2 Å². The van der Waals surface area contributed by atoms with Gasteiger partial charge in [0.25, 0.3) is 0 Å². The molecule has 1 aliphatic rings. The summed E-state index contributed by atoms with van der Waals surface area (Å²) >= 11 is 5.89. The minimum absolute atomic E-state index is 0.0993. The van der Waals surface area contributed by atoms with Crippen molar-refractivity contribution in [1.82, 2.24) is 4.90 Å². The number of nitrogens with one attached hydrogen (secondary N) is 1. The van der Waals surface area contributed by atoms with Gasteiger partial charge in [-0.1, -0.05) is 17.7 Å². The largest absolute Gasteiger partial charge is 0.392 e. The third kappa shape index (κ3) is 4.20. The Morgan fingerprint density at radius 3 is 2.85 bits per heavy atom. The van der Waals surface area contributed by atoms with E-state index >= 15 is 0 Å². The highest BCUT2D eigenvalue weighted by Gasteiger charge is 2.31. The van der Waals surface area contributed by atoms with Crippen LogP contribution in [0.1, 0.15) is 19.8 Å². The molecule has 4 nitrogen and oxygen atoms in total. The van der Waals surface area contributed by atoms with Crippen molar-refractivity contribution in [3.63, 3.8) is 0 Å². The Morgan fingerprint density at radius 2 is 2.25 bits per heavy atom. The molecule has 0 aromatic heterocycles. The standard InChI is InChI=1S/C15H21ClN2O2/c1-10(18(2)9-14(19)11-6-7-11)15(20)17-13-5-3-4-12(16)8-13/h3-5,8,10-11,14,19H,6-7,9H2,1-2H3,(H,17,20). The fourth-order valence-corrected chi connectivity index (χ4v) is 2.29. The number of halogens is 1. The number of likely N-dealkylation sites (N-methyl/N-ethyl adjacent to an activating group) is 1. The summed E-state index contributed by atoms with van der Waals surface area (Å²) in [6.45, 7) is 2.36. The molecule has 110 valence electrons. The lowest BCUT2D eigenvalue weighted by Gasteiger charge is -2.26. The molecule has 5 heteroatoms. The van der Waals surface area contributed by atoms with Crippen LogP contribution in [0.3, 0.4) is 0 Å². The van der Waals surface area contributed by atoms with E-state index < -0.39 is 0 Å². The van der Waals surface area contributed by atoms with Crippen LogP contribution in [0, 0.1) is 5.92 Å². The second kappa shape index (κ2) is 6.57. The van der Waals surface area contributed by atoms with E-state index in [9.17, 15) is 9.90 Å². The molecule has 0 spiro atoms. The van der Waals surface area contributed by atoms with E-state index in [2.05, 4.69) is 5.32 Å². The van der Waals surface area contributed by atoms with Crippen molar-refractivity contribution < 1.29 is 9.90 Å². The van der Waals surface area contributed by atoms with Gasteiger partial charge in [0.05, 0.1) is 12.1 Å². The van der Waals surface area contributed by atoms with E-state index in [0.717, 1.165) is 12.8 Å². The Kier molecular flexibility index (Phi) is 5.02. The van der Waals surface area contributed by atoms with Crippen molar-refractivity contribution in [1.29, 1.82) is 0 Å². The van der Waals surface area contributed by atoms with E-state index in [-0.39, 0.29) is 18.1 Å². The van der Waals surface area contributed by atoms with Gasteiger partial charge in [-0.3, -0.25) is 9.69 Å². The summed E-state index contributed by atoms with van der Waals surface area (Å²) in [5.74, 6) is 0.318. The van der Waals surface area contributed by atoms with Gasteiger partial charge in [-0.2, -0.15) is 0 Å². The molecule has 0 heterocycles. The van der Waals surface area contributed by atoms with Gasteiger partial charge in [0, 0.05) is 17.3 Å². The third-order valence-corrected chi connectivity index (χ3v) is 4.01. The van der Waals surface area contributed by atoms with Crippen LogP contribution >= 0.6 is 11.6 Å². The molecule has 1 aromatic rings. The second-order valence-electron chi connectivity index (χ2n) is 5.52. The van der Waals surface area contributed by atoms with Crippen LogP contribution in [0.4, 0.5) is 5.69 Å². The molecule has 0 radical (unpaired) electrons. The van der Waals surface area contributed by atoms with E-state index in [1.807, 2.05) is 18.9 Å². The summed E-state index contributed by atoms with van der Waals surface area (Å²) in [7, 11) is 1.85. The predicted octanol–water partition coefficient (Wildman–Crippen LogP) is 2.37. The molecular weight excluding hydrogens is 276 g/mol. The van der Waals surface area contributed by atoms with Crippen LogP contribution in [-0.4, -0.2) is 41.7 Å². The number of aliphatic hydroxyl groups is 1. The molecule has 0 saturated heterocycles. The van der Waals surface area contributed by atoms with Crippen molar-refractivity contribution >= 4 is 23.2 Å². The molecule has 1 fully saturated rings. The number of hydrogen-bond donors (Lipinski definition) is 2. The molecule has 2 N–H and O–H groups in total. The lowest BCUT2D eigenvalue weighted by Crippen LogP contribution is -2.43. The first kappa shape index (κ1) is 15.3. The van der Waals surface area contributed by atoms with Crippen molar-refractivity contribution in [2.24, 2.45) is 5.92 Å². The van der Waals surface area contributed by atoms with Crippen LogP contribution in [0.25, 0.3) is 0 Å². The fraction of sp³-hybridized carbons (Fsp3) is 0.533. The fourth-order valence-electron chi connectivity index (χ4n) is 2.10. The van der Waals surface area contributed by atoms with E-state index in [4.69, 9.17) is 11.6 Å². The number of hydrogen-bond acceptors (Lipinski definition) is 3. The third-order valence-electron chi connectivity index (χ3n) is 3.77. The average Bonchev–Trinajstić information content (AvgIpc) is 3.21. The highest BCUT2D eigenvalue weighted by molar-refractivity contribution is 6.30. The van der Waals surface area contributed by atoms with Crippen LogP contribution in [0.5, 0.6) is 0 Å². The summed E-state index contributed by atoms with van der Waals surface area (Å²) in [5.41, 5.74) is 0.686. The van der Waals surface area contributed by atoms with Gasteiger partial charge >= 0.3 is 0 Å². The van der Waals surface area contributed by atoms with Crippen LogP contribution < -0.4 is 5.32 Å². The normalized spacial score (nSPS) is 17.9. The zero-order chi connectivity index (χ0) is 14.7. The highest BCUT2D eigenvalue weighted by atomic mass is 35.5. The summed E-state index contributed by atoms with van der Waals surface area (Å²) < 4.78 is 0. The molecule has 1 aromatic carbocycles. The van der Waals surface area contributed by atoms with Gasteiger partial charge in [0.15, 0.2) is 0 Å². The van der Waals surface area contributed by atoms with Crippen LogP contribution in [0.15, 0.2) is 24.3 Å². The molecule has 0 aliphatic heterocycles. The maximum Gasteiger partial charge on any atom is 0.241 e. The van der Waals surface area contributed by atoms with Crippen LogP contribution in [0.2, 0.25) is 5.02 Å². The number of rotatable bonds is 6. The van der Waals surface area contributed by atoms with Crippen molar-refractivity contribution in [2.45, 2.75) is 31.9 Å². The molecule has 0 bridgehead atoms. The lowest BCUT2D eigenvalue weighted by molar-refractivity contribution is -0.120. The Balaban J connectivity index is 1.87. The molecule has 1 saturated carbocycles. The summed E-state index contributed by atoms with van der Waals surface area (Å²) in [6.07, 6.45) is 1.86. The topological polar surface area (TPSA) is 52.6 Å². The second-order valence-corrected chi connectivity index (χ2v) is 5.96. The maximum absolute atomic E-state index is 12.2. The van der Waals surface area contributed by atoms with E-state index in [1.54, 1.807) is 24.3 Å². The molecule has 1 aliphatic carbocycles. The number of carbonyl (C=O) groups excluding carboxylic acids is 1. The van der Waals surface area contributed by atoms with Crippen molar-refractivity contribution in [3.05, 3.63) is 29.3 Å². The minimum Gasteiger partial charge on any atom is -0.392 e. The summed E-state index contributed by atoms with van der Waals surface area (Å²) in [4.78, 5) is 14.0. The Morgan fingerprint density at radius 1 is 1.55 bits per heavy atom. The SMILES string of the molecule is CC(C(=O)Nc1cccc(Cl)c1)N(C)CC(O)C1CC1. The number of benzene rings is 1. The monoisotopic (exact) mass is 296 g/mol. The van der Waals surface area contributed by atoms with Gasteiger partial charge in [0.1, 0.15) is 0 Å². The quantitative estimate of drug-likeness (QED) is 0.847. The van der Waals surface area contributed by atoms with Gasteiger partial charge < -0.3 is 10.4 Å². The first-order chi connectivity index (χ1) is 9.47. The maximum atomic E-state index is 12.2.